The van der Waals surface area contributed by atoms with Gasteiger partial charge >= 0.3 is 5.97 Å². The third-order valence-corrected chi connectivity index (χ3v) is 2.98. The average molecular weight is 273 g/mol. The number of carboxylic acids is 1. The Balaban J connectivity index is 2.58. The zero-order chi connectivity index (χ0) is 13.5. The van der Waals surface area contributed by atoms with Crippen LogP contribution >= 0.6 is 11.5 Å². The van der Waals surface area contributed by atoms with Gasteiger partial charge in [0.15, 0.2) is 0 Å². The molecule has 0 spiro atoms. The van der Waals surface area contributed by atoms with E-state index >= 15 is 0 Å². The summed E-state index contributed by atoms with van der Waals surface area (Å²) in [7, 11) is 1.62. The van der Waals surface area contributed by atoms with Gasteiger partial charge in [-0.05, 0) is 12.3 Å². The minimum Gasteiger partial charge on any atom is -0.480 e. The molecule has 1 atom stereocenters. The fourth-order valence-corrected chi connectivity index (χ4v) is 2.11. The maximum Gasteiger partial charge on any atom is 0.326 e. The molecule has 0 aliphatic heterocycles. The first-order valence-electron chi connectivity index (χ1n) is 5.83. The van der Waals surface area contributed by atoms with Gasteiger partial charge in [-0.25, -0.2) is 9.78 Å². The maximum absolute atomic E-state index is 11.1. The first-order valence-corrected chi connectivity index (χ1v) is 6.61. The predicted octanol–water partition coefficient (Wildman–Crippen LogP) is 1.64. The molecular formula is C11H19N3O3S. The number of hydrogen-bond donors (Lipinski definition) is 2. The highest BCUT2D eigenvalue weighted by Gasteiger charge is 2.20. The highest BCUT2D eigenvalue weighted by molar-refractivity contribution is 7.09. The van der Waals surface area contributed by atoms with E-state index < -0.39 is 12.0 Å². The molecule has 0 amide bonds. The van der Waals surface area contributed by atoms with Gasteiger partial charge in [0.2, 0.25) is 5.13 Å². The number of methoxy groups -OCH3 is 1. The molecule has 2 N–H and O–H groups in total. The summed E-state index contributed by atoms with van der Waals surface area (Å²) >= 11 is 1.18. The van der Waals surface area contributed by atoms with Crippen molar-refractivity contribution < 1.29 is 14.6 Å². The molecular weight excluding hydrogens is 254 g/mol. The Hall–Kier alpha value is -1.21. The van der Waals surface area contributed by atoms with Crippen molar-refractivity contribution in [1.29, 1.82) is 0 Å². The second-order valence-corrected chi connectivity index (χ2v) is 5.18. The zero-order valence-electron chi connectivity index (χ0n) is 10.8. The van der Waals surface area contributed by atoms with Crippen molar-refractivity contribution in [3.63, 3.8) is 0 Å². The van der Waals surface area contributed by atoms with Gasteiger partial charge in [-0.15, -0.1) is 0 Å². The van der Waals surface area contributed by atoms with Crippen LogP contribution in [-0.4, -0.2) is 40.2 Å². The number of aliphatic carboxylic acids is 1. The van der Waals surface area contributed by atoms with Gasteiger partial charge in [0.05, 0.1) is 6.61 Å². The lowest BCUT2D eigenvalue weighted by molar-refractivity contribution is -0.138. The van der Waals surface area contributed by atoms with Crippen molar-refractivity contribution in [2.24, 2.45) is 5.92 Å². The normalized spacial score (nSPS) is 12.7. The quantitative estimate of drug-likeness (QED) is 0.749. The summed E-state index contributed by atoms with van der Waals surface area (Å²) in [4.78, 5) is 15.3. The van der Waals surface area contributed by atoms with E-state index in [1.165, 1.54) is 11.5 Å². The van der Waals surface area contributed by atoms with Crippen LogP contribution in [0.15, 0.2) is 0 Å². The molecule has 6 nitrogen and oxygen atoms in total. The lowest BCUT2D eigenvalue weighted by Gasteiger charge is -2.15. The van der Waals surface area contributed by atoms with Gasteiger partial charge in [-0.1, -0.05) is 13.8 Å². The first kappa shape index (κ1) is 14.8. The van der Waals surface area contributed by atoms with Crippen LogP contribution in [-0.2, 0) is 16.0 Å². The summed E-state index contributed by atoms with van der Waals surface area (Å²) < 4.78 is 9.08. The first-order chi connectivity index (χ1) is 8.52. The second-order valence-electron chi connectivity index (χ2n) is 4.42. The number of nitrogens with zero attached hydrogens (tertiary/aromatic N) is 2. The molecule has 18 heavy (non-hydrogen) atoms. The molecule has 0 fully saturated rings. The van der Waals surface area contributed by atoms with Gasteiger partial charge < -0.3 is 15.2 Å². The largest absolute Gasteiger partial charge is 0.480 e. The molecule has 102 valence electrons. The molecule has 0 aromatic carbocycles. The van der Waals surface area contributed by atoms with E-state index in [-0.39, 0.29) is 0 Å². The lowest BCUT2D eigenvalue weighted by atomic mass is 10.0. The number of anilines is 1. The van der Waals surface area contributed by atoms with Crippen LogP contribution < -0.4 is 5.32 Å². The molecule has 0 saturated carbocycles. The Morgan fingerprint density at radius 2 is 2.28 bits per heavy atom. The van der Waals surface area contributed by atoms with Crippen LogP contribution in [0.4, 0.5) is 5.13 Å². The highest BCUT2D eigenvalue weighted by Crippen LogP contribution is 2.16. The number of rotatable bonds is 8. The van der Waals surface area contributed by atoms with E-state index in [1.807, 2.05) is 13.8 Å². The van der Waals surface area contributed by atoms with Gasteiger partial charge in [0.1, 0.15) is 11.9 Å². The molecule has 0 radical (unpaired) electrons. The standard InChI is InChI=1S/C11H19N3O3S/c1-7(2)6-8(10(15)16)12-11-13-9(14-18-11)4-5-17-3/h7-8H,4-6H2,1-3H3,(H,15,16)(H,12,13,14). The summed E-state index contributed by atoms with van der Waals surface area (Å²) in [5.74, 6) is 0.120. The van der Waals surface area contributed by atoms with E-state index in [2.05, 4.69) is 14.7 Å². The van der Waals surface area contributed by atoms with Crippen molar-refractivity contribution in [3.8, 4) is 0 Å². The van der Waals surface area contributed by atoms with Crippen LogP contribution in [0.25, 0.3) is 0 Å². The third-order valence-electron chi connectivity index (χ3n) is 2.30. The fraction of sp³-hybridized carbons (Fsp3) is 0.727. The minimum atomic E-state index is -0.864. The van der Waals surface area contributed by atoms with Crippen molar-refractivity contribution in [2.75, 3.05) is 19.0 Å². The number of carbonyl (C=O) groups is 1. The van der Waals surface area contributed by atoms with Crippen LogP contribution in [0.3, 0.4) is 0 Å². The van der Waals surface area contributed by atoms with Crippen molar-refractivity contribution in [3.05, 3.63) is 5.82 Å². The van der Waals surface area contributed by atoms with E-state index in [4.69, 9.17) is 9.84 Å². The van der Waals surface area contributed by atoms with Crippen LogP contribution in [0.2, 0.25) is 0 Å². The van der Waals surface area contributed by atoms with Gasteiger partial charge in [-0.2, -0.15) is 4.37 Å². The van der Waals surface area contributed by atoms with Gasteiger partial charge in [0, 0.05) is 25.1 Å². The molecule has 7 heteroatoms. The molecule has 0 saturated heterocycles. The summed E-state index contributed by atoms with van der Waals surface area (Å²) in [5.41, 5.74) is 0. The smallest absolute Gasteiger partial charge is 0.326 e. The van der Waals surface area contributed by atoms with E-state index in [0.29, 0.717) is 36.3 Å². The molecule has 1 aromatic rings. The Labute approximate surface area is 111 Å². The summed E-state index contributed by atoms with van der Waals surface area (Å²) in [6.07, 6.45) is 1.19. The molecule has 1 heterocycles. The highest BCUT2D eigenvalue weighted by atomic mass is 32.1. The average Bonchev–Trinajstić information content (AvgIpc) is 2.72. The monoisotopic (exact) mass is 273 g/mol. The van der Waals surface area contributed by atoms with Crippen LogP contribution in [0.5, 0.6) is 0 Å². The number of aromatic nitrogens is 2. The van der Waals surface area contributed by atoms with E-state index in [9.17, 15) is 4.79 Å². The molecule has 1 rings (SSSR count). The zero-order valence-corrected chi connectivity index (χ0v) is 11.7. The SMILES string of the molecule is COCCc1nsc(NC(CC(C)C)C(=O)O)n1. The number of hydrogen-bond acceptors (Lipinski definition) is 6. The van der Waals surface area contributed by atoms with Gasteiger partial charge in [0.25, 0.3) is 0 Å². The third kappa shape index (κ3) is 4.97. The topological polar surface area (TPSA) is 84.3 Å². The Morgan fingerprint density at radius 1 is 1.56 bits per heavy atom. The second kappa shape index (κ2) is 7.27. The maximum atomic E-state index is 11.1. The summed E-state index contributed by atoms with van der Waals surface area (Å²) in [5, 5.41) is 12.6. The molecule has 1 unspecified atom stereocenters. The Kier molecular flexibility index (Phi) is 6.00. The van der Waals surface area contributed by atoms with Crippen molar-refractivity contribution in [1.82, 2.24) is 9.36 Å². The van der Waals surface area contributed by atoms with E-state index in [0.717, 1.165) is 0 Å². The van der Waals surface area contributed by atoms with E-state index in [1.54, 1.807) is 7.11 Å². The lowest BCUT2D eigenvalue weighted by Crippen LogP contribution is -2.30. The van der Waals surface area contributed by atoms with Crippen molar-refractivity contribution >= 4 is 22.6 Å². The van der Waals surface area contributed by atoms with Gasteiger partial charge in [-0.3, -0.25) is 0 Å². The Morgan fingerprint density at radius 3 is 2.83 bits per heavy atom. The minimum absolute atomic E-state index is 0.305. The molecule has 0 bridgehead atoms. The molecule has 0 aliphatic carbocycles. The summed E-state index contributed by atoms with van der Waals surface area (Å²) in [6, 6.07) is -0.617. The molecule has 1 aromatic heterocycles. The summed E-state index contributed by atoms with van der Waals surface area (Å²) in [6.45, 7) is 4.54. The number of nitrogens with one attached hydrogen (secondary N) is 1. The van der Waals surface area contributed by atoms with Crippen LogP contribution in [0, 0.1) is 5.92 Å². The fourth-order valence-electron chi connectivity index (χ4n) is 1.45. The number of carboxylic acid groups (broad SMARTS) is 1. The Bertz CT molecular complexity index is 381. The number of ether oxygens (including phenoxy) is 1. The van der Waals surface area contributed by atoms with Crippen LogP contribution in [0.1, 0.15) is 26.1 Å². The molecule has 0 aliphatic rings. The van der Waals surface area contributed by atoms with Crippen molar-refractivity contribution in [2.45, 2.75) is 32.7 Å². The predicted molar refractivity (Wildman–Crippen MR) is 70.0 cm³/mol.